The Hall–Kier alpha value is -2.60. The number of carbonyl (C=O) groups is 1. The fraction of sp³-hybridized carbons (Fsp3) is 0.480. The number of likely N-dealkylation sites (tertiary alicyclic amines) is 1. The lowest BCUT2D eigenvalue weighted by molar-refractivity contribution is 0.218. The van der Waals surface area contributed by atoms with E-state index >= 15 is 0 Å². The van der Waals surface area contributed by atoms with Gasteiger partial charge < -0.3 is 15.7 Å². The molecule has 5 rings (SSSR count). The average molecular weight is 424 g/mol. The van der Waals surface area contributed by atoms with Gasteiger partial charge in [0, 0.05) is 36.8 Å². The van der Waals surface area contributed by atoms with Crippen LogP contribution >= 0.6 is 0 Å². The number of nitrogens with one attached hydrogen (secondary N) is 2. The van der Waals surface area contributed by atoms with E-state index < -0.39 is 0 Å². The molecule has 2 aromatic rings. The minimum Gasteiger partial charge on any atom is -0.508 e. The van der Waals surface area contributed by atoms with E-state index in [1.165, 1.54) is 36.1 Å². The first-order chi connectivity index (χ1) is 14.9. The molecular weight excluding hydrogens is 393 g/mol. The third kappa shape index (κ3) is 3.89. The van der Waals surface area contributed by atoms with E-state index in [9.17, 15) is 14.3 Å². The molecule has 1 aliphatic heterocycles. The molecular formula is C25H30FN3O2. The summed E-state index contributed by atoms with van der Waals surface area (Å²) in [5.74, 6) is 1.28. The summed E-state index contributed by atoms with van der Waals surface area (Å²) >= 11 is 0. The van der Waals surface area contributed by atoms with Crippen molar-refractivity contribution < 1.29 is 14.3 Å². The number of amides is 2. The van der Waals surface area contributed by atoms with Crippen molar-refractivity contribution in [3.8, 4) is 5.75 Å². The van der Waals surface area contributed by atoms with Gasteiger partial charge in [-0.15, -0.1) is 0 Å². The SMILES string of the molecule is C[C@H]1[C@H]2Cc3ccc(O)cc3[C@@]1(CCNC(=O)Nc1ccc(F)cc1)CN2CC1CC1. The highest BCUT2D eigenvalue weighted by atomic mass is 19.1. The number of carbonyl (C=O) groups excluding carboxylic acids is 1. The molecule has 5 nitrogen and oxygen atoms in total. The summed E-state index contributed by atoms with van der Waals surface area (Å²) in [7, 11) is 0. The molecule has 0 radical (unpaired) electrons. The summed E-state index contributed by atoms with van der Waals surface area (Å²) in [5, 5.41) is 16.0. The number of halogens is 1. The lowest BCUT2D eigenvalue weighted by Gasteiger charge is -2.40. The summed E-state index contributed by atoms with van der Waals surface area (Å²) in [6.07, 6.45) is 4.52. The van der Waals surface area contributed by atoms with Crippen molar-refractivity contribution in [1.29, 1.82) is 0 Å². The molecule has 1 saturated carbocycles. The summed E-state index contributed by atoms with van der Waals surface area (Å²) in [6.45, 7) is 5.02. The van der Waals surface area contributed by atoms with Crippen molar-refractivity contribution >= 4 is 11.7 Å². The highest BCUT2D eigenvalue weighted by molar-refractivity contribution is 5.89. The van der Waals surface area contributed by atoms with Gasteiger partial charge in [0.1, 0.15) is 11.6 Å². The van der Waals surface area contributed by atoms with Crippen molar-refractivity contribution in [3.63, 3.8) is 0 Å². The van der Waals surface area contributed by atoms with Gasteiger partial charge in [0.05, 0.1) is 0 Å². The zero-order valence-electron chi connectivity index (χ0n) is 17.9. The number of fused-ring (bicyclic) bond motifs is 4. The van der Waals surface area contributed by atoms with Gasteiger partial charge >= 0.3 is 6.03 Å². The molecule has 2 aromatic carbocycles. The standard InChI is InChI=1S/C25H30FN3O2/c1-16-23-12-18-4-9-21(30)13-22(18)25(16,15-29(23)14-17-2-3-17)10-11-27-24(31)28-20-7-5-19(26)6-8-20/h4-9,13,16-17,23,30H,2-3,10-12,14-15H2,1H3,(H2,27,28,31)/t16-,23+,25-/m0/s1. The van der Waals surface area contributed by atoms with Crippen LogP contribution < -0.4 is 10.6 Å². The zero-order chi connectivity index (χ0) is 21.6. The first-order valence-corrected chi connectivity index (χ1v) is 11.3. The molecule has 2 aliphatic carbocycles. The van der Waals surface area contributed by atoms with Gasteiger partial charge in [0.15, 0.2) is 0 Å². The second kappa shape index (κ2) is 7.83. The van der Waals surface area contributed by atoms with Crippen LogP contribution in [0.4, 0.5) is 14.9 Å². The van der Waals surface area contributed by atoms with Crippen molar-refractivity contribution in [2.24, 2.45) is 11.8 Å². The second-order valence-electron chi connectivity index (χ2n) is 9.57. The van der Waals surface area contributed by atoms with Gasteiger partial charge in [-0.3, -0.25) is 4.90 Å². The third-order valence-electron chi connectivity index (χ3n) is 7.61. The topological polar surface area (TPSA) is 64.6 Å². The van der Waals surface area contributed by atoms with E-state index in [2.05, 4.69) is 28.5 Å². The molecule has 2 fully saturated rings. The first kappa shape index (κ1) is 20.3. The van der Waals surface area contributed by atoms with Crippen molar-refractivity contribution in [1.82, 2.24) is 10.2 Å². The zero-order valence-corrected chi connectivity index (χ0v) is 17.9. The van der Waals surface area contributed by atoms with Crippen molar-refractivity contribution in [2.75, 3.05) is 25.0 Å². The van der Waals surface area contributed by atoms with E-state index in [1.54, 1.807) is 18.2 Å². The number of benzene rings is 2. The number of hydrogen-bond donors (Lipinski definition) is 3. The van der Waals surface area contributed by atoms with Gasteiger partial charge in [-0.1, -0.05) is 13.0 Å². The Kier molecular flexibility index (Phi) is 5.13. The average Bonchev–Trinajstić information content (AvgIpc) is 3.53. The number of urea groups is 1. The van der Waals surface area contributed by atoms with Crippen LogP contribution in [0.15, 0.2) is 42.5 Å². The number of phenolic OH excluding ortho intramolecular Hbond substituents is 1. The molecule has 0 spiro atoms. The Morgan fingerprint density at radius 3 is 2.74 bits per heavy atom. The molecule has 3 atom stereocenters. The fourth-order valence-electron chi connectivity index (χ4n) is 5.76. The molecule has 2 amide bonds. The number of rotatable bonds is 6. The molecule has 6 heteroatoms. The molecule has 0 aromatic heterocycles. The van der Waals surface area contributed by atoms with Crippen molar-refractivity contribution in [3.05, 3.63) is 59.4 Å². The number of nitrogens with zero attached hydrogens (tertiary/aromatic N) is 1. The lowest BCUT2D eigenvalue weighted by Crippen LogP contribution is -2.43. The Morgan fingerprint density at radius 1 is 1.23 bits per heavy atom. The number of phenols is 1. The predicted molar refractivity (Wildman–Crippen MR) is 119 cm³/mol. The minimum atomic E-state index is -0.329. The van der Waals surface area contributed by atoms with Gasteiger partial charge in [0.2, 0.25) is 0 Å². The van der Waals surface area contributed by atoms with Crippen LogP contribution in [-0.4, -0.2) is 41.7 Å². The Bertz CT molecular complexity index is 975. The number of hydrogen-bond acceptors (Lipinski definition) is 3. The summed E-state index contributed by atoms with van der Waals surface area (Å²) in [4.78, 5) is 15.0. The van der Waals surface area contributed by atoms with Crippen LogP contribution in [0, 0.1) is 17.7 Å². The molecule has 3 aliphatic rings. The second-order valence-corrected chi connectivity index (χ2v) is 9.57. The van der Waals surface area contributed by atoms with Gasteiger partial charge in [-0.2, -0.15) is 0 Å². The number of aromatic hydroxyl groups is 1. The van der Waals surface area contributed by atoms with E-state index in [0.717, 1.165) is 31.8 Å². The van der Waals surface area contributed by atoms with Crippen LogP contribution in [0.1, 0.15) is 37.3 Å². The van der Waals surface area contributed by atoms with Crippen molar-refractivity contribution in [2.45, 2.75) is 44.1 Å². The van der Waals surface area contributed by atoms with Gasteiger partial charge in [-0.25, -0.2) is 9.18 Å². The molecule has 3 N–H and O–H groups in total. The first-order valence-electron chi connectivity index (χ1n) is 11.3. The van der Waals surface area contributed by atoms with E-state index in [1.807, 2.05) is 6.07 Å². The Labute approximate surface area is 182 Å². The maximum atomic E-state index is 13.1. The summed E-state index contributed by atoms with van der Waals surface area (Å²) < 4.78 is 13.1. The van der Waals surface area contributed by atoms with E-state index in [4.69, 9.17) is 0 Å². The smallest absolute Gasteiger partial charge is 0.319 e. The van der Waals surface area contributed by atoms with Crippen LogP contribution in [0.3, 0.4) is 0 Å². The summed E-state index contributed by atoms with van der Waals surface area (Å²) in [6, 6.07) is 11.8. The quantitative estimate of drug-likeness (QED) is 0.650. The van der Waals surface area contributed by atoms with Crippen LogP contribution in [0.25, 0.3) is 0 Å². The molecule has 164 valence electrons. The normalized spacial score (nSPS) is 27.0. The maximum Gasteiger partial charge on any atom is 0.319 e. The Morgan fingerprint density at radius 2 is 2.00 bits per heavy atom. The number of anilines is 1. The lowest BCUT2D eigenvalue weighted by atomic mass is 9.63. The molecule has 2 bridgehead atoms. The Balaban J connectivity index is 1.31. The summed E-state index contributed by atoms with van der Waals surface area (Å²) in [5.41, 5.74) is 3.06. The van der Waals surface area contributed by atoms with Crippen LogP contribution in [-0.2, 0) is 11.8 Å². The third-order valence-corrected chi connectivity index (χ3v) is 7.61. The molecule has 31 heavy (non-hydrogen) atoms. The maximum absolute atomic E-state index is 13.1. The van der Waals surface area contributed by atoms with E-state index in [-0.39, 0.29) is 17.3 Å². The molecule has 0 unspecified atom stereocenters. The van der Waals surface area contributed by atoms with Crippen LogP contribution in [0.2, 0.25) is 0 Å². The monoisotopic (exact) mass is 423 g/mol. The fourth-order valence-corrected chi connectivity index (χ4v) is 5.76. The highest BCUT2D eigenvalue weighted by Gasteiger charge is 2.55. The van der Waals surface area contributed by atoms with Gasteiger partial charge in [-0.05, 0) is 85.0 Å². The van der Waals surface area contributed by atoms with E-state index in [0.29, 0.717) is 29.9 Å². The highest BCUT2D eigenvalue weighted by Crippen LogP contribution is 2.52. The van der Waals surface area contributed by atoms with Gasteiger partial charge in [0.25, 0.3) is 0 Å². The predicted octanol–water partition coefficient (Wildman–Crippen LogP) is 4.27. The van der Waals surface area contributed by atoms with Crippen LogP contribution in [0.5, 0.6) is 5.75 Å². The minimum absolute atomic E-state index is 0.0744. The molecule has 1 saturated heterocycles. The largest absolute Gasteiger partial charge is 0.508 e. The molecule has 1 heterocycles.